The van der Waals surface area contributed by atoms with E-state index in [0.29, 0.717) is 0 Å². The zero-order chi connectivity index (χ0) is 19.1. The van der Waals surface area contributed by atoms with Gasteiger partial charge in [-0.05, 0) is 24.3 Å². The summed E-state index contributed by atoms with van der Waals surface area (Å²) in [5.74, 6) is -0.777. The van der Waals surface area contributed by atoms with Crippen LogP contribution in [0.25, 0.3) is 0 Å². The molecule has 0 saturated heterocycles. The lowest BCUT2D eigenvalue weighted by Gasteiger charge is -2.27. The highest BCUT2D eigenvalue weighted by molar-refractivity contribution is 8.25. The summed E-state index contributed by atoms with van der Waals surface area (Å²) in [4.78, 5) is 12.3. The van der Waals surface area contributed by atoms with Crippen molar-refractivity contribution in [3.05, 3.63) is 53.6 Å². The lowest BCUT2D eigenvalue weighted by Crippen LogP contribution is -2.20. The molecule has 1 aliphatic rings. The van der Waals surface area contributed by atoms with Crippen molar-refractivity contribution < 1.29 is 27.1 Å². The Kier molecular flexibility index (Phi) is 4.74. The Morgan fingerprint density at radius 2 is 1.85 bits per heavy atom. The normalized spacial score (nSPS) is 19.5. The van der Waals surface area contributed by atoms with Crippen LogP contribution in [0.2, 0.25) is 0 Å². The minimum absolute atomic E-state index is 0.0452. The summed E-state index contributed by atoms with van der Waals surface area (Å²) >= 11 is 0. The Balaban J connectivity index is 2.27. The Hall–Kier alpha value is -2.07. The number of amides is 1. The molecule has 0 radical (unpaired) electrons. The number of benzene rings is 2. The Labute approximate surface area is 153 Å². The summed E-state index contributed by atoms with van der Waals surface area (Å²) in [5.41, 5.74) is 0.275. The van der Waals surface area contributed by atoms with Gasteiger partial charge in [-0.3, -0.25) is 13.9 Å². The highest BCUT2D eigenvalue weighted by atomic mass is 32.3. The molecule has 3 rings (SSSR count). The quantitative estimate of drug-likeness (QED) is 0.731. The van der Waals surface area contributed by atoms with Crippen LogP contribution in [0.1, 0.15) is 21.2 Å². The molecule has 0 aliphatic carbocycles. The van der Waals surface area contributed by atoms with Crippen molar-refractivity contribution in [3.63, 3.8) is 0 Å². The fraction of sp³-hybridized carbons (Fsp3) is 0.235. The maximum Gasteiger partial charge on any atom is 0.254 e. The van der Waals surface area contributed by atoms with Crippen LogP contribution in [0.4, 0.5) is 0 Å². The third-order valence-corrected chi connectivity index (χ3v) is 8.49. The molecule has 1 amide bonds. The molecule has 7 nitrogen and oxygen atoms in total. The zero-order valence-electron chi connectivity index (χ0n) is 14.2. The first-order chi connectivity index (χ1) is 12.2. The van der Waals surface area contributed by atoms with Gasteiger partial charge in [0.25, 0.3) is 5.91 Å². The molecule has 2 aromatic carbocycles. The molecule has 0 saturated carbocycles. The Morgan fingerprint density at radius 1 is 1.19 bits per heavy atom. The molecule has 1 unspecified atom stereocenters. The highest BCUT2D eigenvalue weighted by Gasteiger charge is 2.46. The van der Waals surface area contributed by atoms with Crippen LogP contribution in [-0.4, -0.2) is 43.3 Å². The summed E-state index contributed by atoms with van der Waals surface area (Å²) in [7, 11) is -4.47. The average molecular weight is 397 g/mol. The summed E-state index contributed by atoms with van der Waals surface area (Å²) < 4.78 is 52.5. The minimum atomic E-state index is -3.92. The molecule has 2 aromatic rings. The molecule has 1 atom stereocenters. The smallest absolute Gasteiger partial charge is 0.254 e. The second-order valence-electron chi connectivity index (χ2n) is 5.82. The second kappa shape index (κ2) is 6.58. The molecule has 1 heterocycles. The molecule has 9 heteroatoms. The summed E-state index contributed by atoms with van der Waals surface area (Å²) in [6, 6.07) is 10.6. The average Bonchev–Trinajstić information content (AvgIpc) is 2.93. The van der Waals surface area contributed by atoms with E-state index in [9.17, 15) is 22.3 Å². The van der Waals surface area contributed by atoms with Gasteiger partial charge >= 0.3 is 0 Å². The zero-order valence-corrected chi connectivity index (χ0v) is 15.8. The van der Waals surface area contributed by atoms with E-state index >= 15 is 0 Å². The van der Waals surface area contributed by atoms with E-state index in [4.69, 9.17) is 4.74 Å². The monoisotopic (exact) mass is 397 g/mol. The van der Waals surface area contributed by atoms with Gasteiger partial charge in [0.2, 0.25) is 0 Å². The summed E-state index contributed by atoms with van der Waals surface area (Å²) in [6.07, 6.45) is 0. The summed E-state index contributed by atoms with van der Waals surface area (Å²) in [5, 5.41) is 1.25. The van der Waals surface area contributed by atoms with Gasteiger partial charge in [-0.25, -0.2) is 8.42 Å². The van der Waals surface area contributed by atoms with Crippen LogP contribution in [0.5, 0.6) is 5.75 Å². The minimum Gasteiger partial charge on any atom is -0.496 e. The van der Waals surface area contributed by atoms with Gasteiger partial charge in [-0.1, -0.05) is 18.2 Å². The number of nitrogens with one attached hydrogen (secondary N) is 1. The fourth-order valence-corrected chi connectivity index (χ4v) is 7.52. The molecule has 26 heavy (non-hydrogen) atoms. The van der Waals surface area contributed by atoms with Gasteiger partial charge < -0.3 is 10.1 Å². The van der Waals surface area contributed by atoms with Crippen molar-refractivity contribution in [2.24, 2.45) is 0 Å². The number of rotatable bonds is 4. The van der Waals surface area contributed by atoms with Gasteiger partial charge in [0.1, 0.15) is 11.0 Å². The van der Waals surface area contributed by atoms with Gasteiger partial charge in [-0.2, -0.15) is 10.6 Å². The van der Waals surface area contributed by atoms with E-state index < -0.39 is 31.6 Å². The second-order valence-corrected chi connectivity index (χ2v) is 10.1. The predicted molar refractivity (Wildman–Crippen MR) is 98.7 cm³/mol. The maximum atomic E-state index is 13.1. The van der Waals surface area contributed by atoms with E-state index in [1.165, 1.54) is 38.4 Å². The van der Waals surface area contributed by atoms with Crippen molar-refractivity contribution in [3.8, 4) is 5.75 Å². The molecule has 140 valence electrons. The lowest BCUT2D eigenvalue weighted by atomic mass is 10.1. The molecular formula is C17H19NO6S2. The molecule has 0 fully saturated rings. The maximum absolute atomic E-state index is 13.1. The van der Waals surface area contributed by atoms with Crippen molar-refractivity contribution in [1.29, 1.82) is 0 Å². The standard InChI is InChI=1S/C17H19NO6S2/c1-18-17(19)12-8-9-13-15(16(12)24-2)14(10-25(13,20)21)26(22,23)11-6-4-3-5-7-11/h3-9,14,20-21H,10H2,1-2H3,(H,18,19). The molecule has 0 bridgehead atoms. The number of carbonyl (C=O) groups excluding carboxylic acids is 1. The van der Waals surface area contributed by atoms with Gasteiger partial charge in [0, 0.05) is 12.6 Å². The number of hydrogen-bond donors (Lipinski definition) is 3. The topological polar surface area (TPSA) is 113 Å². The highest BCUT2D eigenvalue weighted by Crippen LogP contribution is 2.63. The molecule has 3 N–H and O–H groups in total. The van der Waals surface area contributed by atoms with Crippen LogP contribution in [0.15, 0.2) is 52.3 Å². The molecule has 0 spiro atoms. The van der Waals surface area contributed by atoms with Crippen molar-refractivity contribution in [2.45, 2.75) is 15.0 Å². The van der Waals surface area contributed by atoms with Crippen LogP contribution < -0.4 is 10.1 Å². The SMILES string of the molecule is CNC(=O)c1ccc2c(c1OC)C(S(=O)(=O)c1ccccc1)CS2(O)O. The van der Waals surface area contributed by atoms with E-state index in [1.54, 1.807) is 18.2 Å². The molecule has 1 aliphatic heterocycles. The first-order valence-corrected chi connectivity index (χ1v) is 11.0. The predicted octanol–water partition coefficient (Wildman–Crippen LogP) is 2.69. The lowest BCUT2D eigenvalue weighted by molar-refractivity contribution is 0.0959. The van der Waals surface area contributed by atoms with Crippen LogP contribution in [0.3, 0.4) is 0 Å². The number of carbonyl (C=O) groups is 1. The fourth-order valence-electron chi connectivity index (χ4n) is 3.11. The number of hydrogen-bond acceptors (Lipinski definition) is 6. The molecule has 0 aromatic heterocycles. The van der Waals surface area contributed by atoms with Gasteiger partial charge in [0.15, 0.2) is 9.84 Å². The largest absolute Gasteiger partial charge is 0.496 e. The van der Waals surface area contributed by atoms with E-state index in [-0.39, 0.29) is 32.4 Å². The number of ether oxygens (including phenoxy) is 1. The number of fused-ring (bicyclic) bond motifs is 1. The number of sulfone groups is 1. The first kappa shape index (κ1) is 18.7. The van der Waals surface area contributed by atoms with Crippen molar-refractivity contribution in [1.82, 2.24) is 5.32 Å². The first-order valence-electron chi connectivity index (χ1n) is 7.72. The van der Waals surface area contributed by atoms with Crippen LogP contribution >= 0.6 is 10.6 Å². The van der Waals surface area contributed by atoms with Gasteiger partial charge in [-0.15, -0.1) is 0 Å². The van der Waals surface area contributed by atoms with Crippen molar-refractivity contribution >= 4 is 26.3 Å². The van der Waals surface area contributed by atoms with Crippen LogP contribution in [-0.2, 0) is 9.84 Å². The van der Waals surface area contributed by atoms with E-state index in [0.717, 1.165) is 0 Å². The Bertz CT molecular complexity index is 957. The molecular weight excluding hydrogens is 378 g/mol. The van der Waals surface area contributed by atoms with E-state index in [2.05, 4.69) is 5.32 Å². The summed E-state index contributed by atoms with van der Waals surface area (Å²) in [6.45, 7) is 0. The third-order valence-electron chi connectivity index (χ3n) is 4.34. The van der Waals surface area contributed by atoms with Crippen molar-refractivity contribution in [2.75, 3.05) is 19.9 Å². The Morgan fingerprint density at radius 3 is 2.42 bits per heavy atom. The van der Waals surface area contributed by atoms with E-state index in [1.807, 2.05) is 0 Å². The number of methoxy groups -OCH3 is 1. The van der Waals surface area contributed by atoms with Crippen LogP contribution in [0, 0.1) is 0 Å². The van der Waals surface area contributed by atoms with Gasteiger partial charge in [0.05, 0.1) is 28.2 Å². The third kappa shape index (κ3) is 2.86.